The molecule has 94 valence electrons. The predicted octanol–water partition coefficient (Wildman–Crippen LogP) is 1.38. The molecule has 0 saturated heterocycles. The van der Waals surface area contributed by atoms with E-state index in [-0.39, 0.29) is 0 Å². The van der Waals surface area contributed by atoms with Gasteiger partial charge in [-0.3, -0.25) is 4.99 Å². The molecule has 0 heterocycles. The van der Waals surface area contributed by atoms with Crippen molar-refractivity contribution >= 4 is 5.96 Å². The van der Waals surface area contributed by atoms with Crippen LogP contribution in [0.3, 0.4) is 0 Å². The molecule has 0 bridgehead atoms. The number of nitrogens with zero attached hydrogens (tertiary/aromatic N) is 1. The molecule has 0 aliphatic heterocycles. The molecule has 1 aliphatic rings. The minimum Gasteiger partial charge on any atom is -0.379 e. The maximum absolute atomic E-state index is 5.47. The molecule has 0 amide bonds. The van der Waals surface area contributed by atoms with Crippen LogP contribution in [0.5, 0.6) is 0 Å². The van der Waals surface area contributed by atoms with E-state index in [0.717, 1.165) is 38.0 Å². The van der Waals surface area contributed by atoms with Crippen LogP contribution in [0.4, 0.5) is 0 Å². The highest BCUT2D eigenvalue weighted by atomic mass is 16.5. The van der Waals surface area contributed by atoms with Gasteiger partial charge in [0, 0.05) is 26.7 Å². The van der Waals surface area contributed by atoms with Gasteiger partial charge in [0.25, 0.3) is 0 Å². The molecule has 0 aromatic heterocycles. The highest BCUT2D eigenvalue weighted by molar-refractivity contribution is 5.79. The molecule has 2 N–H and O–H groups in total. The van der Waals surface area contributed by atoms with E-state index in [0.29, 0.717) is 6.10 Å². The van der Waals surface area contributed by atoms with Crippen molar-refractivity contribution in [2.45, 2.75) is 39.2 Å². The second-order valence-corrected chi connectivity index (χ2v) is 4.60. The van der Waals surface area contributed by atoms with Crippen LogP contribution in [0.2, 0.25) is 0 Å². The molecule has 0 atom stereocenters. The zero-order valence-corrected chi connectivity index (χ0v) is 10.8. The summed E-state index contributed by atoms with van der Waals surface area (Å²) >= 11 is 0. The zero-order valence-electron chi connectivity index (χ0n) is 10.8. The Kier molecular flexibility index (Phi) is 6.23. The highest BCUT2D eigenvalue weighted by Crippen LogP contribution is 2.27. The largest absolute Gasteiger partial charge is 0.379 e. The SMILES string of the molecule is CN=C(NCCCOC(C)C)NCC1CC1. The van der Waals surface area contributed by atoms with E-state index in [4.69, 9.17) is 4.74 Å². The summed E-state index contributed by atoms with van der Waals surface area (Å²) in [5, 5.41) is 6.61. The van der Waals surface area contributed by atoms with Crippen LogP contribution in [-0.4, -0.2) is 38.8 Å². The average molecular weight is 227 g/mol. The summed E-state index contributed by atoms with van der Waals surface area (Å²) in [6, 6.07) is 0. The van der Waals surface area contributed by atoms with Gasteiger partial charge in [-0.15, -0.1) is 0 Å². The van der Waals surface area contributed by atoms with Crippen LogP contribution in [-0.2, 0) is 4.74 Å². The molecule has 0 spiro atoms. The summed E-state index contributed by atoms with van der Waals surface area (Å²) < 4.78 is 5.47. The van der Waals surface area contributed by atoms with Crippen molar-refractivity contribution in [3.8, 4) is 0 Å². The first-order valence-electron chi connectivity index (χ1n) is 6.28. The van der Waals surface area contributed by atoms with Gasteiger partial charge in [-0.25, -0.2) is 0 Å². The summed E-state index contributed by atoms with van der Waals surface area (Å²) in [5.74, 6) is 1.79. The van der Waals surface area contributed by atoms with Crippen LogP contribution in [0.15, 0.2) is 4.99 Å². The first kappa shape index (κ1) is 13.3. The van der Waals surface area contributed by atoms with Crippen LogP contribution in [0.25, 0.3) is 0 Å². The van der Waals surface area contributed by atoms with E-state index >= 15 is 0 Å². The Morgan fingerprint density at radius 3 is 2.69 bits per heavy atom. The summed E-state index contributed by atoms with van der Waals surface area (Å²) in [6.45, 7) is 6.90. The molecule has 0 aromatic carbocycles. The van der Waals surface area contributed by atoms with Gasteiger partial charge >= 0.3 is 0 Å². The van der Waals surface area contributed by atoms with Crippen molar-refractivity contribution in [3.63, 3.8) is 0 Å². The number of hydrogen-bond donors (Lipinski definition) is 2. The third-order valence-corrected chi connectivity index (χ3v) is 2.54. The summed E-state index contributed by atoms with van der Waals surface area (Å²) in [7, 11) is 1.81. The van der Waals surface area contributed by atoms with E-state index in [9.17, 15) is 0 Å². The highest BCUT2D eigenvalue weighted by Gasteiger charge is 2.20. The molecule has 16 heavy (non-hydrogen) atoms. The van der Waals surface area contributed by atoms with Gasteiger partial charge < -0.3 is 15.4 Å². The monoisotopic (exact) mass is 227 g/mol. The Balaban J connectivity index is 1.95. The van der Waals surface area contributed by atoms with E-state index in [1.165, 1.54) is 12.8 Å². The Morgan fingerprint density at radius 1 is 1.38 bits per heavy atom. The number of hydrogen-bond acceptors (Lipinski definition) is 2. The van der Waals surface area contributed by atoms with Crippen molar-refractivity contribution in [2.24, 2.45) is 10.9 Å². The lowest BCUT2D eigenvalue weighted by Gasteiger charge is -2.12. The molecule has 1 saturated carbocycles. The number of nitrogens with one attached hydrogen (secondary N) is 2. The topological polar surface area (TPSA) is 45.7 Å². The smallest absolute Gasteiger partial charge is 0.190 e. The molecule has 1 aliphatic carbocycles. The van der Waals surface area contributed by atoms with Gasteiger partial charge in [0.15, 0.2) is 5.96 Å². The Labute approximate surface area is 98.9 Å². The van der Waals surface area contributed by atoms with Crippen LogP contribution in [0.1, 0.15) is 33.1 Å². The first-order chi connectivity index (χ1) is 7.72. The van der Waals surface area contributed by atoms with Crippen LogP contribution in [0, 0.1) is 5.92 Å². The van der Waals surface area contributed by atoms with Crippen LogP contribution < -0.4 is 10.6 Å². The fraction of sp³-hybridized carbons (Fsp3) is 0.917. The second-order valence-electron chi connectivity index (χ2n) is 4.60. The molecular formula is C12H25N3O. The molecule has 1 rings (SSSR count). The molecule has 1 fully saturated rings. The van der Waals surface area contributed by atoms with Crippen molar-refractivity contribution in [1.29, 1.82) is 0 Å². The summed E-state index contributed by atoms with van der Waals surface area (Å²) in [5.41, 5.74) is 0. The third-order valence-electron chi connectivity index (χ3n) is 2.54. The van der Waals surface area contributed by atoms with Gasteiger partial charge in [0.2, 0.25) is 0 Å². The summed E-state index contributed by atoms with van der Waals surface area (Å²) in [4.78, 5) is 4.17. The number of ether oxygens (including phenoxy) is 1. The molecule has 0 radical (unpaired) electrons. The Hall–Kier alpha value is -0.770. The minimum absolute atomic E-state index is 0.326. The Bertz CT molecular complexity index is 212. The fourth-order valence-corrected chi connectivity index (χ4v) is 1.38. The van der Waals surface area contributed by atoms with Crippen molar-refractivity contribution in [1.82, 2.24) is 10.6 Å². The molecule has 0 aromatic rings. The third kappa shape index (κ3) is 6.67. The molecule has 4 nitrogen and oxygen atoms in total. The molecular weight excluding hydrogens is 202 g/mol. The van der Waals surface area contributed by atoms with Crippen molar-refractivity contribution in [3.05, 3.63) is 0 Å². The average Bonchev–Trinajstić information content (AvgIpc) is 3.05. The van der Waals surface area contributed by atoms with Gasteiger partial charge in [-0.05, 0) is 39.0 Å². The number of aliphatic imine (C=N–C) groups is 1. The Morgan fingerprint density at radius 2 is 2.12 bits per heavy atom. The number of guanidine groups is 1. The lowest BCUT2D eigenvalue weighted by Crippen LogP contribution is -2.39. The van der Waals surface area contributed by atoms with Gasteiger partial charge in [-0.1, -0.05) is 0 Å². The second kappa shape index (κ2) is 7.49. The quantitative estimate of drug-likeness (QED) is 0.392. The lowest BCUT2D eigenvalue weighted by molar-refractivity contribution is 0.0776. The normalized spacial score (nSPS) is 16.6. The maximum Gasteiger partial charge on any atom is 0.190 e. The van der Waals surface area contributed by atoms with Gasteiger partial charge in [0.05, 0.1) is 6.10 Å². The minimum atomic E-state index is 0.326. The first-order valence-corrected chi connectivity index (χ1v) is 6.28. The van der Waals surface area contributed by atoms with Gasteiger partial charge in [0.1, 0.15) is 0 Å². The van der Waals surface area contributed by atoms with Gasteiger partial charge in [-0.2, -0.15) is 0 Å². The number of rotatable bonds is 7. The van der Waals surface area contributed by atoms with E-state index in [2.05, 4.69) is 29.5 Å². The molecule has 0 unspecified atom stereocenters. The zero-order chi connectivity index (χ0) is 11.8. The maximum atomic E-state index is 5.47. The van der Waals surface area contributed by atoms with E-state index < -0.39 is 0 Å². The van der Waals surface area contributed by atoms with E-state index in [1.807, 2.05) is 7.05 Å². The molecule has 4 heteroatoms. The fourth-order valence-electron chi connectivity index (χ4n) is 1.38. The summed E-state index contributed by atoms with van der Waals surface area (Å²) in [6.07, 6.45) is 4.08. The van der Waals surface area contributed by atoms with E-state index in [1.54, 1.807) is 0 Å². The standard InChI is InChI=1S/C12H25N3O/c1-10(2)16-8-4-7-14-12(13-3)15-9-11-5-6-11/h10-11H,4-9H2,1-3H3,(H2,13,14,15). The van der Waals surface area contributed by atoms with Crippen molar-refractivity contribution < 1.29 is 4.74 Å². The predicted molar refractivity (Wildman–Crippen MR) is 67.8 cm³/mol. The van der Waals surface area contributed by atoms with Crippen LogP contribution >= 0.6 is 0 Å². The lowest BCUT2D eigenvalue weighted by atomic mass is 10.4. The van der Waals surface area contributed by atoms with Crippen molar-refractivity contribution in [2.75, 3.05) is 26.7 Å².